The zero-order valence-electron chi connectivity index (χ0n) is 15.0. The van der Waals surface area contributed by atoms with Gasteiger partial charge in [0.15, 0.2) is 5.58 Å². The van der Waals surface area contributed by atoms with Gasteiger partial charge in [0, 0.05) is 23.9 Å². The van der Waals surface area contributed by atoms with Crippen molar-refractivity contribution < 1.29 is 13.9 Å². The van der Waals surface area contributed by atoms with Crippen LogP contribution in [0.4, 0.5) is 0 Å². The van der Waals surface area contributed by atoms with Crippen molar-refractivity contribution in [2.24, 2.45) is 0 Å². The molecule has 8 heteroatoms. The Morgan fingerprint density at radius 2 is 2.11 bits per heavy atom. The van der Waals surface area contributed by atoms with Gasteiger partial charge in [0.05, 0.1) is 11.1 Å². The molecule has 0 unspecified atom stereocenters. The number of rotatable bonds is 4. The first-order chi connectivity index (χ1) is 13.6. The lowest BCUT2D eigenvalue weighted by Gasteiger charge is -2.29. The molecular weight excluding hydrogens is 376 g/mol. The highest BCUT2D eigenvalue weighted by Crippen LogP contribution is 2.23. The summed E-state index contributed by atoms with van der Waals surface area (Å²) in [6.45, 7) is 0. The molecule has 2 N–H and O–H groups in total. The van der Waals surface area contributed by atoms with Crippen LogP contribution in [0.15, 0.2) is 40.9 Å². The monoisotopic (exact) mass is 394 g/mol. The van der Waals surface area contributed by atoms with Gasteiger partial charge in [-0.2, -0.15) is 5.26 Å². The number of aromatic nitrogens is 2. The maximum Gasteiger partial charge on any atom is 0.266 e. The number of oxazole rings is 1. The minimum absolute atomic E-state index is 0.0640. The predicted molar refractivity (Wildman–Crippen MR) is 104 cm³/mol. The summed E-state index contributed by atoms with van der Waals surface area (Å²) in [4.78, 5) is 19.9. The van der Waals surface area contributed by atoms with Crippen molar-refractivity contribution in [3.8, 4) is 11.9 Å². The standard InChI is InChI=1S/C20H18N4O3S/c21-10-12-1-8-18(22-11-12)26-15-5-3-14(4-6-15)23-19(25)13-2-7-16-17(9-13)27-20(28)24-16/h1-2,7-9,11,14-15H,3-6H2,(H,23,25)(H,24,28). The maximum absolute atomic E-state index is 12.5. The lowest BCUT2D eigenvalue weighted by atomic mass is 9.92. The largest absolute Gasteiger partial charge is 0.474 e. The SMILES string of the molecule is N#Cc1ccc(OC2CCC(NC(=O)c3ccc4[nH]c(=S)oc4c3)CC2)nc1. The summed E-state index contributed by atoms with van der Waals surface area (Å²) in [7, 11) is 0. The molecule has 7 nitrogen and oxygen atoms in total. The first-order valence-corrected chi connectivity index (χ1v) is 9.48. The van der Waals surface area contributed by atoms with Crippen LogP contribution in [0.25, 0.3) is 11.1 Å². The minimum Gasteiger partial charge on any atom is -0.474 e. The summed E-state index contributed by atoms with van der Waals surface area (Å²) in [6, 6.07) is 10.8. The third kappa shape index (κ3) is 4.05. The molecule has 0 aliphatic heterocycles. The van der Waals surface area contributed by atoms with Gasteiger partial charge >= 0.3 is 0 Å². The van der Waals surface area contributed by atoms with Crippen LogP contribution in [-0.4, -0.2) is 28.0 Å². The number of pyridine rings is 1. The first-order valence-electron chi connectivity index (χ1n) is 9.07. The van der Waals surface area contributed by atoms with E-state index in [0.29, 0.717) is 27.4 Å². The molecule has 0 spiro atoms. The zero-order valence-corrected chi connectivity index (χ0v) is 15.8. The van der Waals surface area contributed by atoms with Crippen LogP contribution in [0.2, 0.25) is 0 Å². The number of ether oxygens (including phenoxy) is 1. The van der Waals surface area contributed by atoms with E-state index < -0.39 is 0 Å². The van der Waals surface area contributed by atoms with Gasteiger partial charge in [-0.3, -0.25) is 4.79 Å². The lowest BCUT2D eigenvalue weighted by molar-refractivity contribution is 0.0890. The van der Waals surface area contributed by atoms with Crippen molar-refractivity contribution in [1.29, 1.82) is 5.26 Å². The van der Waals surface area contributed by atoms with E-state index in [0.717, 1.165) is 31.2 Å². The van der Waals surface area contributed by atoms with Crippen LogP contribution in [0.1, 0.15) is 41.6 Å². The summed E-state index contributed by atoms with van der Waals surface area (Å²) >= 11 is 4.97. The second-order valence-electron chi connectivity index (χ2n) is 6.79. The number of carbonyl (C=O) groups is 1. The van der Waals surface area contributed by atoms with E-state index in [1.807, 2.05) is 6.07 Å². The summed E-state index contributed by atoms with van der Waals surface area (Å²) in [5.74, 6) is 0.401. The van der Waals surface area contributed by atoms with Crippen LogP contribution in [0.3, 0.4) is 0 Å². The van der Waals surface area contributed by atoms with Crippen LogP contribution in [-0.2, 0) is 0 Å². The van der Waals surface area contributed by atoms with E-state index in [1.54, 1.807) is 30.3 Å². The Balaban J connectivity index is 1.31. The number of carbonyl (C=O) groups excluding carboxylic acids is 1. The van der Waals surface area contributed by atoms with Gasteiger partial charge in [0.2, 0.25) is 5.88 Å². The Bertz CT molecular complexity index is 1090. The predicted octanol–water partition coefficient (Wildman–Crippen LogP) is 3.88. The van der Waals surface area contributed by atoms with Crippen LogP contribution in [0, 0.1) is 16.2 Å². The van der Waals surface area contributed by atoms with Crippen LogP contribution in [0.5, 0.6) is 5.88 Å². The number of amides is 1. The number of H-pyrrole nitrogens is 1. The average Bonchev–Trinajstić information content (AvgIpc) is 3.09. The van der Waals surface area contributed by atoms with E-state index in [4.69, 9.17) is 26.6 Å². The molecule has 142 valence electrons. The number of aromatic amines is 1. The fraction of sp³-hybridized carbons (Fsp3) is 0.300. The number of nitriles is 1. The van der Waals surface area contributed by atoms with Crippen LogP contribution >= 0.6 is 12.2 Å². The molecule has 2 aromatic heterocycles. The Kier molecular flexibility index (Phi) is 5.08. The molecule has 0 radical (unpaired) electrons. The highest BCUT2D eigenvalue weighted by atomic mass is 32.1. The van der Waals surface area contributed by atoms with Crippen molar-refractivity contribution >= 4 is 29.2 Å². The summed E-state index contributed by atoms with van der Waals surface area (Å²) in [6.07, 6.45) is 4.90. The van der Waals surface area contributed by atoms with E-state index in [2.05, 4.69) is 15.3 Å². The van der Waals surface area contributed by atoms with Gasteiger partial charge in [0.25, 0.3) is 10.7 Å². The summed E-state index contributed by atoms with van der Waals surface area (Å²) in [5.41, 5.74) is 2.40. The zero-order chi connectivity index (χ0) is 19.5. The van der Waals surface area contributed by atoms with Gasteiger partial charge in [-0.15, -0.1) is 0 Å². The van der Waals surface area contributed by atoms with Crippen molar-refractivity contribution in [2.75, 3.05) is 0 Å². The number of benzene rings is 1. The van der Waals surface area contributed by atoms with Gasteiger partial charge in [-0.05, 0) is 62.2 Å². The number of fused-ring (bicyclic) bond motifs is 1. The quantitative estimate of drug-likeness (QED) is 0.651. The van der Waals surface area contributed by atoms with Crippen molar-refractivity contribution in [3.05, 3.63) is 52.5 Å². The van der Waals surface area contributed by atoms with E-state index in [-0.39, 0.29) is 18.1 Å². The van der Waals surface area contributed by atoms with E-state index >= 15 is 0 Å². The molecule has 1 saturated carbocycles. The van der Waals surface area contributed by atoms with Crippen LogP contribution < -0.4 is 10.1 Å². The summed E-state index contributed by atoms with van der Waals surface area (Å²) < 4.78 is 11.3. The molecule has 4 rings (SSSR count). The lowest BCUT2D eigenvalue weighted by Crippen LogP contribution is -2.39. The minimum atomic E-state index is -0.123. The Hall–Kier alpha value is -3.18. The topological polar surface area (TPSA) is 104 Å². The normalized spacial score (nSPS) is 19.1. The highest BCUT2D eigenvalue weighted by molar-refractivity contribution is 7.71. The second-order valence-corrected chi connectivity index (χ2v) is 7.16. The molecule has 2 heterocycles. The second kappa shape index (κ2) is 7.82. The fourth-order valence-electron chi connectivity index (χ4n) is 3.37. The molecule has 0 atom stereocenters. The Morgan fingerprint density at radius 1 is 1.29 bits per heavy atom. The third-order valence-corrected chi connectivity index (χ3v) is 5.03. The first kappa shape index (κ1) is 18.2. The number of hydrogen-bond donors (Lipinski definition) is 2. The molecule has 0 saturated heterocycles. The molecule has 1 aromatic carbocycles. The third-order valence-electron chi connectivity index (χ3n) is 4.85. The molecule has 28 heavy (non-hydrogen) atoms. The smallest absolute Gasteiger partial charge is 0.266 e. The average molecular weight is 394 g/mol. The van der Waals surface area contributed by atoms with Gasteiger partial charge in [0.1, 0.15) is 12.2 Å². The number of nitrogens with one attached hydrogen (secondary N) is 2. The fourth-order valence-corrected chi connectivity index (χ4v) is 3.57. The highest BCUT2D eigenvalue weighted by Gasteiger charge is 2.24. The maximum atomic E-state index is 12.5. The van der Waals surface area contributed by atoms with E-state index in [9.17, 15) is 4.79 Å². The Labute approximate surface area is 166 Å². The summed E-state index contributed by atoms with van der Waals surface area (Å²) in [5, 5.41) is 11.9. The molecule has 0 bridgehead atoms. The molecule has 3 aromatic rings. The molecular formula is C20H18N4O3S. The van der Waals surface area contributed by atoms with Crippen molar-refractivity contribution in [2.45, 2.75) is 37.8 Å². The molecule has 1 amide bonds. The van der Waals surface area contributed by atoms with Crippen molar-refractivity contribution in [3.63, 3.8) is 0 Å². The van der Waals surface area contributed by atoms with Gasteiger partial charge < -0.3 is 19.5 Å². The molecule has 1 aliphatic carbocycles. The van der Waals surface area contributed by atoms with Gasteiger partial charge in [-0.25, -0.2) is 4.98 Å². The van der Waals surface area contributed by atoms with Gasteiger partial charge in [-0.1, -0.05) is 0 Å². The molecule has 1 aliphatic rings. The number of hydrogen-bond acceptors (Lipinski definition) is 6. The van der Waals surface area contributed by atoms with E-state index in [1.165, 1.54) is 6.20 Å². The van der Waals surface area contributed by atoms with Crippen molar-refractivity contribution in [1.82, 2.24) is 15.3 Å². The Morgan fingerprint density at radius 3 is 2.82 bits per heavy atom. The number of nitrogens with zero attached hydrogens (tertiary/aromatic N) is 2. The molecule has 1 fully saturated rings.